The van der Waals surface area contributed by atoms with Gasteiger partial charge < -0.3 is 4.74 Å². The van der Waals surface area contributed by atoms with Gasteiger partial charge in [0.2, 0.25) is 0 Å². The predicted octanol–water partition coefficient (Wildman–Crippen LogP) is 1.40. The first-order valence-electron chi connectivity index (χ1n) is 5.18. The van der Waals surface area contributed by atoms with Gasteiger partial charge in [-0.25, -0.2) is 8.42 Å². The topological polar surface area (TPSA) is 60.4 Å². The lowest BCUT2D eigenvalue weighted by Crippen LogP contribution is -2.27. The molecule has 0 fully saturated rings. The minimum absolute atomic E-state index is 0.0484. The van der Waals surface area contributed by atoms with E-state index in [0.29, 0.717) is 6.61 Å². The van der Waals surface area contributed by atoms with Crippen molar-refractivity contribution in [2.24, 2.45) is 5.92 Å². The summed E-state index contributed by atoms with van der Waals surface area (Å²) in [5.74, 6) is -0.500. The third kappa shape index (κ3) is 5.16. The molecule has 0 heterocycles. The molecule has 0 spiro atoms. The maximum Gasteiger partial charge on any atom is 0.306 e. The molecule has 0 aromatic carbocycles. The molecule has 90 valence electrons. The van der Waals surface area contributed by atoms with Crippen LogP contribution in [-0.4, -0.2) is 32.0 Å². The SMILES string of the molecule is CCOC(=O)CCS(=O)(=O)C(C)C(C)C. The summed E-state index contributed by atoms with van der Waals surface area (Å²) in [6, 6.07) is 0. The van der Waals surface area contributed by atoms with Crippen LogP contribution in [0, 0.1) is 5.92 Å². The van der Waals surface area contributed by atoms with E-state index in [1.54, 1.807) is 13.8 Å². The van der Waals surface area contributed by atoms with E-state index in [-0.39, 0.29) is 18.1 Å². The summed E-state index contributed by atoms with van der Waals surface area (Å²) >= 11 is 0. The highest BCUT2D eigenvalue weighted by molar-refractivity contribution is 7.92. The van der Waals surface area contributed by atoms with E-state index in [2.05, 4.69) is 4.74 Å². The normalized spacial score (nSPS) is 13.9. The van der Waals surface area contributed by atoms with E-state index < -0.39 is 21.1 Å². The van der Waals surface area contributed by atoms with Crippen molar-refractivity contribution in [3.05, 3.63) is 0 Å². The lowest BCUT2D eigenvalue weighted by molar-refractivity contribution is -0.142. The molecule has 0 aliphatic rings. The molecule has 4 nitrogen and oxygen atoms in total. The van der Waals surface area contributed by atoms with Crippen molar-refractivity contribution >= 4 is 15.8 Å². The van der Waals surface area contributed by atoms with E-state index in [1.807, 2.05) is 13.8 Å². The van der Waals surface area contributed by atoms with Crippen LogP contribution in [0.25, 0.3) is 0 Å². The fourth-order valence-electron chi connectivity index (χ4n) is 1.06. The van der Waals surface area contributed by atoms with Gasteiger partial charge in [0, 0.05) is 0 Å². The van der Waals surface area contributed by atoms with E-state index in [9.17, 15) is 13.2 Å². The minimum atomic E-state index is -3.17. The molecule has 1 atom stereocenters. The third-order valence-electron chi connectivity index (χ3n) is 2.40. The third-order valence-corrected chi connectivity index (χ3v) is 4.85. The Bertz CT molecular complexity index is 293. The lowest BCUT2D eigenvalue weighted by atomic mass is 10.2. The van der Waals surface area contributed by atoms with Gasteiger partial charge in [-0.2, -0.15) is 0 Å². The number of hydrogen-bond acceptors (Lipinski definition) is 4. The molecular weight excluding hydrogens is 216 g/mol. The van der Waals surface area contributed by atoms with Gasteiger partial charge in [-0.05, 0) is 19.8 Å². The van der Waals surface area contributed by atoms with Crippen molar-refractivity contribution in [3.63, 3.8) is 0 Å². The summed E-state index contributed by atoms with van der Waals surface area (Å²) in [6.45, 7) is 7.37. The largest absolute Gasteiger partial charge is 0.466 e. The Labute approximate surface area is 91.9 Å². The van der Waals surface area contributed by atoms with Crippen LogP contribution < -0.4 is 0 Å². The first-order valence-corrected chi connectivity index (χ1v) is 6.90. The predicted molar refractivity (Wildman–Crippen MR) is 59.3 cm³/mol. The molecule has 0 aliphatic heterocycles. The second-order valence-corrected chi connectivity index (χ2v) is 6.35. The molecular formula is C10H20O4S. The second-order valence-electron chi connectivity index (χ2n) is 3.87. The Morgan fingerprint density at radius 3 is 2.20 bits per heavy atom. The summed E-state index contributed by atoms with van der Waals surface area (Å²) in [4.78, 5) is 11.0. The van der Waals surface area contributed by atoms with Crippen LogP contribution in [0.3, 0.4) is 0 Å². The fraction of sp³-hybridized carbons (Fsp3) is 0.900. The number of hydrogen-bond donors (Lipinski definition) is 0. The van der Waals surface area contributed by atoms with Gasteiger partial charge in [-0.3, -0.25) is 4.79 Å². The highest BCUT2D eigenvalue weighted by atomic mass is 32.2. The van der Waals surface area contributed by atoms with Crippen LogP contribution in [0.2, 0.25) is 0 Å². The van der Waals surface area contributed by atoms with Crippen molar-refractivity contribution in [2.75, 3.05) is 12.4 Å². The van der Waals surface area contributed by atoms with Crippen molar-refractivity contribution in [3.8, 4) is 0 Å². The van der Waals surface area contributed by atoms with Gasteiger partial charge in [-0.1, -0.05) is 13.8 Å². The van der Waals surface area contributed by atoms with Crippen molar-refractivity contribution < 1.29 is 17.9 Å². The number of sulfone groups is 1. The van der Waals surface area contributed by atoms with Gasteiger partial charge >= 0.3 is 5.97 Å². The van der Waals surface area contributed by atoms with Crippen molar-refractivity contribution in [1.29, 1.82) is 0 Å². The molecule has 0 amide bonds. The molecule has 5 heteroatoms. The van der Waals surface area contributed by atoms with E-state index in [1.165, 1.54) is 0 Å². The number of carbonyl (C=O) groups is 1. The minimum Gasteiger partial charge on any atom is -0.466 e. The van der Waals surface area contributed by atoms with Gasteiger partial charge in [0.05, 0.1) is 24.0 Å². The number of rotatable bonds is 6. The molecule has 0 aliphatic carbocycles. The lowest BCUT2D eigenvalue weighted by Gasteiger charge is -2.15. The van der Waals surface area contributed by atoms with Gasteiger partial charge in [0.15, 0.2) is 9.84 Å². The summed E-state index contributed by atoms with van der Waals surface area (Å²) < 4.78 is 28.0. The molecule has 1 unspecified atom stereocenters. The van der Waals surface area contributed by atoms with Crippen LogP contribution >= 0.6 is 0 Å². The van der Waals surface area contributed by atoms with Gasteiger partial charge in [-0.15, -0.1) is 0 Å². The maximum atomic E-state index is 11.7. The summed E-state index contributed by atoms with van der Waals surface area (Å²) in [5.41, 5.74) is 0. The molecule has 0 N–H and O–H groups in total. The zero-order valence-electron chi connectivity index (χ0n) is 9.82. The Hall–Kier alpha value is -0.580. The standard InChI is InChI=1S/C10H20O4S/c1-5-14-10(11)6-7-15(12,13)9(4)8(2)3/h8-9H,5-7H2,1-4H3. The van der Waals surface area contributed by atoms with Crippen LogP contribution in [0.1, 0.15) is 34.1 Å². The first-order chi connectivity index (χ1) is 6.81. The van der Waals surface area contributed by atoms with E-state index >= 15 is 0 Å². The average Bonchev–Trinajstić information content (AvgIpc) is 2.14. The molecule has 0 radical (unpaired) electrons. The molecule has 0 rings (SSSR count). The fourth-order valence-corrected chi connectivity index (χ4v) is 2.71. The van der Waals surface area contributed by atoms with Crippen LogP contribution in [-0.2, 0) is 19.4 Å². The van der Waals surface area contributed by atoms with Crippen LogP contribution in [0.15, 0.2) is 0 Å². The molecule has 15 heavy (non-hydrogen) atoms. The second kappa shape index (κ2) is 6.10. The van der Waals surface area contributed by atoms with Crippen LogP contribution in [0.4, 0.5) is 0 Å². The smallest absolute Gasteiger partial charge is 0.306 e. The zero-order chi connectivity index (χ0) is 12.1. The first kappa shape index (κ1) is 14.4. The highest BCUT2D eigenvalue weighted by Crippen LogP contribution is 2.13. The molecule has 0 bridgehead atoms. The highest BCUT2D eigenvalue weighted by Gasteiger charge is 2.24. The number of esters is 1. The number of ether oxygens (including phenoxy) is 1. The quantitative estimate of drug-likeness (QED) is 0.654. The maximum absolute atomic E-state index is 11.7. The van der Waals surface area contributed by atoms with Crippen molar-refractivity contribution in [2.45, 2.75) is 39.4 Å². The Kier molecular flexibility index (Phi) is 5.87. The average molecular weight is 236 g/mol. The molecule has 0 saturated carbocycles. The molecule has 0 saturated heterocycles. The molecule has 0 aromatic rings. The summed E-state index contributed by atoms with van der Waals surface area (Å²) in [6.07, 6.45) is -0.0484. The van der Waals surface area contributed by atoms with Gasteiger partial charge in [0.25, 0.3) is 0 Å². The van der Waals surface area contributed by atoms with Gasteiger partial charge in [0.1, 0.15) is 0 Å². The monoisotopic (exact) mass is 236 g/mol. The van der Waals surface area contributed by atoms with Crippen molar-refractivity contribution in [1.82, 2.24) is 0 Å². The molecule has 0 aromatic heterocycles. The Morgan fingerprint density at radius 2 is 1.80 bits per heavy atom. The zero-order valence-corrected chi connectivity index (χ0v) is 10.6. The Morgan fingerprint density at radius 1 is 1.27 bits per heavy atom. The van der Waals surface area contributed by atoms with Crippen LogP contribution in [0.5, 0.6) is 0 Å². The van der Waals surface area contributed by atoms with E-state index in [4.69, 9.17) is 0 Å². The summed E-state index contributed by atoms with van der Waals surface area (Å²) in [7, 11) is -3.17. The number of carbonyl (C=O) groups excluding carboxylic acids is 1. The summed E-state index contributed by atoms with van der Waals surface area (Å²) in [5, 5.41) is -0.410. The van der Waals surface area contributed by atoms with E-state index in [0.717, 1.165) is 0 Å². The Balaban J connectivity index is 4.22.